The van der Waals surface area contributed by atoms with Crippen LogP contribution in [0, 0.1) is 0 Å². The van der Waals surface area contributed by atoms with Gasteiger partial charge in [0.25, 0.3) is 0 Å². The molecule has 21 heavy (non-hydrogen) atoms. The summed E-state index contributed by atoms with van der Waals surface area (Å²) in [5.41, 5.74) is 0.852. The van der Waals surface area contributed by atoms with Crippen LogP contribution in [0.4, 0.5) is 4.79 Å². The molecule has 0 bridgehead atoms. The number of aliphatic hydroxyl groups excluding tert-OH is 1. The van der Waals surface area contributed by atoms with Crippen LogP contribution in [-0.4, -0.2) is 50.1 Å². The van der Waals surface area contributed by atoms with E-state index in [0.717, 1.165) is 5.56 Å². The highest BCUT2D eigenvalue weighted by Crippen LogP contribution is 2.36. The maximum atomic E-state index is 11.9. The predicted octanol–water partition coefficient (Wildman–Crippen LogP) is 1.74. The second-order valence-corrected chi connectivity index (χ2v) is 4.57. The molecular formula is C15H19NO5. The van der Waals surface area contributed by atoms with Crippen molar-refractivity contribution in [2.45, 2.75) is 12.1 Å². The van der Waals surface area contributed by atoms with E-state index in [1.165, 1.54) is 12.0 Å². The molecule has 0 radical (unpaired) electrons. The highest BCUT2D eigenvalue weighted by atomic mass is 16.5. The lowest BCUT2D eigenvalue weighted by molar-refractivity contribution is 0.0907. The number of aliphatic hydroxyl groups is 1. The van der Waals surface area contributed by atoms with Gasteiger partial charge in [-0.3, -0.25) is 4.90 Å². The molecule has 2 rings (SSSR count). The minimum atomic E-state index is -0.487. The standard InChI is InChI=1S/C15H19NO5/c1-19-13-7-4-10(8-14(13)20-2)12-6-5-11(9-17)16(12)15(18)21-3/h4-8,11-12,17H,9H2,1-3H3/t11-,12-/m0/s1. The first-order valence-electron chi connectivity index (χ1n) is 6.53. The van der Waals surface area contributed by atoms with E-state index in [4.69, 9.17) is 14.2 Å². The van der Waals surface area contributed by atoms with Crippen molar-refractivity contribution < 1.29 is 24.1 Å². The van der Waals surface area contributed by atoms with E-state index < -0.39 is 12.1 Å². The first-order valence-corrected chi connectivity index (χ1v) is 6.53. The summed E-state index contributed by atoms with van der Waals surface area (Å²) in [5.74, 6) is 1.20. The van der Waals surface area contributed by atoms with Gasteiger partial charge >= 0.3 is 6.09 Å². The second kappa shape index (κ2) is 6.49. The number of ether oxygens (including phenoxy) is 3. The Hall–Kier alpha value is -2.21. The normalized spacial score (nSPS) is 20.5. The maximum Gasteiger partial charge on any atom is 0.410 e. The molecule has 6 nitrogen and oxygen atoms in total. The largest absolute Gasteiger partial charge is 0.493 e. The van der Waals surface area contributed by atoms with Crippen LogP contribution in [0.15, 0.2) is 30.4 Å². The van der Waals surface area contributed by atoms with Gasteiger partial charge in [-0.2, -0.15) is 0 Å². The molecule has 0 aromatic heterocycles. The molecule has 1 N–H and O–H groups in total. The van der Waals surface area contributed by atoms with Gasteiger partial charge in [0.15, 0.2) is 11.5 Å². The molecule has 6 heteroatoms. The number of rotatable bonds is 4. The van der Waals surface area contributed by atoms with Crippen LogP contribution in [-0.2, 0) is 4.74 Å². The van der Waals surface area contributed by atoms with Crippen molar-refractivity contribution in [2.24, 2.45) is 0 Å². The smallest absolute Gasteiger partial charge is 0.410 e. The summed E-state index contributed by atoms with van der Waals surface area (Å²) in [5, 5.41) is 9.38. The Morgan fingerprint density at radius 3 is 2.48 bits per heavy atom. The van der Waals surface area contributed by atoms with Crippen LogP contribution < -0.4 is 9.47 Å². The third-order valence-electron chi connectivity index (χ3n) is 3.49. The van der Waals surface area contributed by atoms with Gasteiger partial charge in [-0.25, -0.2) is 4.79 Å². The molecule has 0 unspecified atom stereocenters. The minimum Gasteiger partial charge on any atom is -0.493 e. The van der Waals surface area contributed by atoms with Crippen LogP contribution in [0.5, 0.6) is 11.5 Å². The van der Waals surface area contributed by atoms with Crippen molar-refractivity contribution in [1.29, 1.82) is 0 Å². The van der Waals surface area contributed by atoms with Crippen LogP contribution >= 0.6 is 0 Å². The van der Waals surface area contributed by atoms with Crippen molar-refractivity contribution in [2.75, 3.05) is 27.9 Å². The minimum absolute atomic E-state index is 0.157. The van der Waals surface area contributed by atoms with Crippen molar-refractivity contribution in [3.8, 4) is 11.5 Å². The van der Waals surface area contributed by atoms with E-state index in [0.29, 0.717) is 11.5 Å². The lowest BCUT2D eigenvalue weighted by atomic mass is 10.1. The summed E-state index contributed by atoms with van der Waals surface area (Å²) in [6, 6.07) is 4.74. The lowest BCUT2D eigenvalue weighted by Gasteiger charge is -2.28. The van der Waals surface area contributed by atoms with E-state index in [1.54, 1.807) is 26.4 Å². The number of benzene rings is 1. The molecule has 2 atom stereocenters. The van der Waals surface area contributed by atoms with Crippen molar-refractivity contribution in [3.63, 3.8) is 0 Å². The van der Waals surface area contributed by atoms with E-state index >= 15 is 0 Å². The number of carbonyl (C=O) groups excluding carboxylic acids is 1. The summed E-state index contributed by atoms with van der Waals surface area (Å²) in [4.78, 5) is 13.4. The molecule has 0 aliphatic carbocycles. The quantitative estimate of drug-likeness (QED) is 0.856. The van der Waals surface area contributed by atoms with Gasteiger partial charge in [0.05, 0.1) is 40.0 Å². The number of nitrogens with zero attached hydrogens (tertiary/aromatic N) is 1. The van der Waals surface area contributed by atoms with Crippen LogP contribution in [0.25, 0.3) is 0 Å². The molecule has 1 aromatic carbocycles. The van der Waals surface area contributed by atoms with Gasteiger partial charge in [-0.05, 0) is 17.7 Å². The molecular weight excluding hydrogens is 274 g/mol. The van der Waals surface area contributed by atoms with Crippen molar-refractivity contribution in [1.82, 2.24) is 4.90 Å². The van der Waals surface area contributed by atoms with Crippen LogP contribution in [0.2, 0.25) is 0 Å². The number of amides is 1. The van der Waals surface area contributed by atoms with Gasteiger partial charge in [0.2, 0.25) is 0 Å². The third kappa shape index (κ3) is 2.80. The summed E-state index contributed by atoms with van der Waals surface area (Å²) in [7, 11) is 4.44. The first-order chi connectivity index (χ1) is 10.2. The third-order valence-corrected chi connectivity index (χ3v) is 3.49. The molecule has 0 spiro atoms. The average molecular weight is 293 g/mol. The molecule has 1 amide bonds. The van der Waals surface area contributed by atoms with E-state index in [2.05, 4.69) is 0 Å². The first kappa shape index (κ1) is 15.2. The van der Waals surface area contributed by atoms with Gasteiger partial charge < -0.3 is 19.3 Å². The Balaban J connectivity index is 2.36. The fourth-order valence-electron chi connectivity index (χ4n) is 2.44. The van der Waals surface area contributed by atoms with Crippen LogP contribution in [0.1, 0.15) is 11.6 Å². The van der Waals surface area contributed by atoms with Crippen molar-refractivity contribution in [3.05, 3.63) is 35.9 Å². The molecule has 0 fully saturated rings. The highest BCUT2D eigenvalue weighted by molar-refractivity contribution is 5.70. The van der Waals surface area contributed by atoms with E-state index in [1.807, 2.05) is 18.2 Å². The van der Waals surface area contributed by atoms with E-state index in [-0.39, 0.29) is 12.6 Å². The zero-order valence-electron chi connectivity index (χ0n) is 12.3. The SMILES string of the molecule is COC(=O)N1[C@H](CO)C=C[C@H]1c1ccc(OC)c(OC)c1. The molecule has 1 aliphatic heterocycles. The number of hydrogen-bond donors (Lipinski definition) is 1. The van der Waals surface area contributed by atoms with E-state index in [9.17, 15) is 9.90 Å². The summed E-state index contributed by atoms with van der Waals surface area (Å²) < 4.78 is 15.3. The molecule has 1 heterocycles. The Bertz CT molecular complexity index is 543. The number of methoxy groups -OCH3 is 3. The number of hydrogen-bond acceptors (Lipinski definition) is 5. The lowest BCUT2D eigenvalue weighted by Crippen LogP contribution is -2.39. The van der Waals surface area contributed by atoms with Gasteiger partial charge in [-0.15, -0.1) is 0 Å². The second-order valence-electron chi connectivity index (χ2n) is 4.57. The zero-order chi connectivity index (χ0) is 15.4. The van der Waals surface area contributed by atoms with Crippen LogP contribution in [0.3, 0.4) is 0 Å². The summed E-state index contributed by atoms with van der Waals surface area (Å²) >= 11 is 0. The van der Waals surface area contributed by atoms with Gasteiger partial charge in [-0.1, -0.05) is 18.2 Å². The maximum absolute atomic E-state index is 11.9. The molecule has 1 aromatic rings. The van der Waals surface area contributed by atoms with Crippen molar-refractivity contribution >= 4 is 6.09 Å². The average Bonchev–Trinajstić information content (AvgIpc) is 2.97. The number of carbonyl (C=O) groups is 1. The Kier molecular flexibility index (Phi) is 4.70. The zero-order valence-corrected chi connectivity index (χ0v) is 12.3. The molecule has 0 saturated carbocycles. The predicted molar refractivity (Wildman–Crippen MR) is 76.5 cm³/mol. The Morgan fingerprint density at radius 2 is 1.90 bits per heavy atom. The Morgan fingerprint density at radius 1 is 1.19 bits per heavy atom. The topological polar surface area (TPSA) is 68.2 Å². The van der Waals surface area contributed by atoms with Gasteiger partial charge in [0.1, 0.15) is 0 Å². The molecule has 114 valence electrons. The fourth-order valence-corrected chi connectivity index (χ4v) is 2.44. The molecule has 0 saturated heterocycles. The fraction of sp³-hybridized carbons (Fsp3) is 0.400. The summed E-state index contributed by atoms with van der Waals surface area (Å²) in [6.45, 7) is -0.157. The monoisotopic (exact) mass is 293 g/mol. The van der Waals surface area contributed by atoms with Gasteiger partial charge in [0, 0.05) is 0 Å². The summed E-state index contributed by atoms with van der Waals surface area (Å²) in [6.07, 6.45) is 3.16. The highest BCUT2D eigenvalue weighted by Gasteiger charge is 2.34. The molecule has 1 aliphatic rings. The Labute approximate surface area is 123 Å².